The minimum Gasteiger partial charge on any atom is -0.357 e. The summed E-state index contributed by atoms with van der Waals surface area (Å²) < 4.78 is 0. The van der Waals surface area contributed by atoms with Crippen molar-refractivity contribution in [3.05, 3.63) is 42.0 Å². The van der Waals surface area contributed by atoms with Crippen LogP contribution < -0.4 is 5.32 Å². The van der Waals surface area contributed by atoms with Crippen molar-refractivity contribution >= 4 is 35.5 Å². The highest BCUT2D eigenvalue weighted by atomic mass is 127. The predicted octanol–water partition coefficient (Wildman–Crippen LogP) is 4.24. The Bertz CT molecular complexity index is 594. The Labute approximate surface area is 182 Å². The molecule has 3 rings (SSSR count). The van der Waals surface area contributed by atoms with E-state index in [0.717, 1.165) is 38.6 Å². The maximum atomic E-state index is 4.88. The van der Waals surface area contributed by atoms with Crippen LogP contribution in [-0.4, -0.2) is 61.6 Å². The lowest BCUT2D eigenvalue weighted by Gasteiger charge is -2.30. The topological polar surface area (TPSA) is 30.9 Å². The Morgan fingerprint density at radius 1 is 1.07 bits per heavy atom. The van der Waals surface area contributed by atoms with Crippen LogP contribution in [0.4, 0.5) is 0 Å². The maximum absolute atomic E-state index is 4.88. The fourth-order valence-electron chi connectivity index (χ4n) is 3.84. The fraction of sp³-hybridized carbons (Fsp3) is 0.591. The van der Waals surface area contributed by atoms with Crippen LogP contribution >= 0.6 is 24.0 Å². The molecule has 0 bridgehead atoms. The molecule has 0 aromatic heterocycles. The Morgan fingerprint density at radius 2 is 1.85 bits per heavy atom. The van der Waals surface area contributed by atoms with Crippen LogP contribution in [0.1, 0.15) is 44.6 Å². The van der Waals surface area contributed by atoms with Gasteiger partial charge in [0.1, 0.15) is 0 Å². The molecule has 0 saturated carbocycles. The molecule has 2 aliphatic rings. The number of likely N-dealkylation sites (tertiary alicyclic amines) is 1. The van der Waals surface area contributed by atoms with Crippen molar-refractivity contribution in [2.45, 2.75) is 39.0 Å². The molecule has 0 unspecified atom stereocenters. The average Bonchev–Trinajstić information content (AvgIpc) is 3.21. The zero-order valence-corrected chi connectivity index (χ0v) is 19.0. The average molecular weight is 482 g/mol. The molecule has 0 spiro atoms. The summed E-state index contributed by atoms with van der Waals surface area (Å²) in [5.74, 6) is 1.08. The van der Waals surface area contributed by atoms with Gasteiger partial charge < -0.3 is 15.1 Å². The second kappa shape index (κ2) is 12.4. The van der Waals surface area contributed by atoms with E-state index >= 15 is 0 Å². The molecule has 1 aromatic rings. The number of unbranched alkanes of at least 4 members (excludes halogenated alkanes) is 1. The molecule has 0 atom stereocenters. The molecule has 1 N–H and O–H groups in total. The summed E-state index contributed by atoms with van der Waals surface area (Å²) in [6, 6.07) is 10.7. The molecule has 150 valence electrons. The van der Waals surface area contributed by atoms with Crippen molar-refractivity contribution in [2.75, 3.05) is 45.8 Å². The van der Waals surface area contributed by atoms with Crippen molar-refractivity contribution in [3.63, 3.8) is 0 Å². The van der Waals surface area contributed by atoms with Gasteiger partial charge in [-0.1, -0.05) is 36.4 Å². The van der Waals surface area contributed by atoms with Crippen LogP contribution in [0.25, 0.3) is 5.57 Å². The lowest BCUT2D eigenvalue weighted by molar-refractivity contribution is 0.331. The Morgan fingerprint density at radius 3 is 2.52 bits per heavy atom. The highest BCUT2D eigenvalue weighted by Crippen LogP contribution is 2.22. The van der Waals surface area contributed by atoms with Crippen LogP contribution in [0, 0.1) is 0 Å². The van der Waals surface area contributed by atoms with E-state index in [9.17, 15) is 0 Å². The van der Waals surface area contributed by atoms with Crippen molar-refractivity contribution in [1.82, 2.24) is 15.1 Å². The highest BCUT2D eigenvalue weighted by molar-refractivity contribution is 14.0. The van der Waals surface area contributed by atoms with E-state index in [-0.39, 0.29) is 24.0 Å². The second-order valence-electron chi connectivity index (χ2n) is 7.28. The molecule has 4 nitrogen and oxygen atoms in total. The summed E-state index contributed by atoms with van der Waals surface area (Å²) in [5.41, 5.74) is 2.82. The van der Waals surface area contributed by atoms with Crippen LogP contribution in [0.2, 0.25) is 0 Å². The summed E-state index contributed by atoms with van der Waals surface area (Å²) in [5, 5.41) is 3.48. The molecule has 1 fully saturated rings. The first-order valence-corrected chi connectivity index (χ1v) is 10.4. The van der Waals surface area contributed by atoms with Gasteiger partial charge in [0, 0.05) is 26.2 Å². The van der Waals surface area contributed by atoms with Gasteiger partial charge in [-0.25, -0.2) is 0 Å². The van der Waals surface area contributed by atoms with Crippen LogP contribution in [-0.2, 0) is 0 Å². The van der Waals surface area contributed by atoms with Gasteiger partial charge in [-0.05, 0) is 69.8 Å². The molecule has 0 radical (unpaired) electrons. The van der Waals surface area contributed by atoms with Crippen LogP contribution in [0.3, 0.4) is 0 Å². The normalized spacial score (nSPS) is 18.2. The third-order valence-corrected chi connectivity index (χ3v) is 5.33. The van der Waals surface area contributed by atoms with E-state index < -0.39 is 0 Å². The molecular weight excluding hydrogens is 447 g/mol. The van der Waals surface area contributed by atoms with Crippen molar-refractivity contribution in [2.24, 2.45) is 4.99 Å². The summed E-state index contributed by atoms with van der Waals surface area (Å²) in [6.45, 7) is 9.85. The first kappa shape index (κ1) is 22.2. The van der Waals surface area contributed by atoms with Gasteiger partial charge in [0.05, 0.1) is 0 Å². The molecule has 5 heteroatoms. The van der Waals surface area contributed by atoms with Gasteiger partial charge in [0.25, 0.3) is 0 Å². The Balaban J connectivity index is 0.00000261. The van der Waals surface area contributed by atoms with Gasteiger partial charge in [-0.3, -0.25) is 4.99 Å². The van der Waals surface area contributed by atoms with Crippen LogP contribution in [0.15, 0.2) is 41.4 Å². The number of nitrogens with one attached hydrogen (secondary N) is 1. The summed E-state index contributed by atoms with van der Waals surface area (Å²) in [7, 11) is 0. The summed E-state index contributed by atoms with van der Waals surface area (Å²) >= 11 is 0. The molecule has 0 amide bonds. The number of halogens is 1. The van der Waals surface area contributed by atoms with E-state index in [2.05, 4.69) is 58.4 Å². The first-order chi connectivity index (χ1) is 12.9. The smallest absolute Gasteiger partial charge is 0.194 e. The minimum absolute atomic E-state index is 0. The standard InChI is InChI=1S/C22H34N4.HI/c1-2-23-22(24-14-6-7-15-25-16-8-9-17-25)26-18-12-21(13-19-26)20-10-4-3-5-11-20;/h3-5,10-12H,2,6-9,13-19H2,1H3,(H,23,24);1H. The predicted molar refractivity (Wildman–Crippen MR) is 127 cm³/mol. The van der Waals surface area contributed by atoms with Gasteiger partial charge in [-0.15, -0.1) is 24.0 Å². The number of nitrogens with zero attached hydrogens (tertiary/aromatic N) is 3. The van der Waals surface area contributed by atoms with Gasteiger partial charge in [0.15, 0.2) is 5.96 Å². The van der Waals surface area contributed by atoms with E-state index in [4.69, 9.17) is 4.99 Å². The summed E-state index contributed by atoms with van der Waals surface area (Å²) in [4.78, 5) is 9.86. The molecule has 0 aliphatic carbocycles. The second-order valence-corrected chi connectivity index (χ2v) is 7.28. The number of hydrogen-bond acceptors (Lipinski definition) is 2. The zero-order chi connectivity index (χ0) is 18.0. The van der Waals surface area contributed by atoms with E-state index in [0.29, 0.717) is 0 Å². The highest BCUT2D eigenvalue weighted by Gasteiger charge is 2.16. The number of hydrogen-bond donors (Lipinski definition) is 1. The third kappa shape index (κ3) is 7.11. The van der Waals surface area contributed by atoms with Crippen molar-refractivity contribution in [1.29, 1.82) is 0 Å². The lowest BCUT2D eigenvalue weighted by Crippen LogP contribution is -2.43. The van der Waals surface area contributed by atoms with E-state index in [1.165, 1.54) is 56.5 Å². The van der Waals surface area contributed by atoms with Crippen molar-refractivity contribution in [3.8, 4) is 0 Å². The monoisotopic (exact) mass is 482 g/mol. The quantitative estimate of drug-likeness (QED) is 0.273. The molecule has 2 heterocycles. The molecule has 2 aliphatic heterocycles. The minimum atomic E-state index is 0. The molecular formula is C22H35IN4. The number of aliphatic imine (C=N–C) groups is 1. The Hall–Kier alpha value is -1.08. The maximum Gasteiger partial charge on any atom is 0.194 e. The molecule has 27 heavy (non-hydrogen) atoms. The molecule has 1 aromatic carbocycles. The zero-order valence-electron chi connectivity index (χ0n) is 16.7. The van der Waals surface area contributed by atoms with Crippen molar-refractivity contribution < 1.29 is 0 Å². The number of guanidine groups is 1. The SMILES string of the molecule is CCNC(=NCCCCN1CCCC1)N1CC=C(c2ccccc2)CC1.I. The lowest BCUT2D eigenvalue weighted by atomic mass is 10.00. The first-order valence-electron chi connectivity index (χ1n) is 10.4. The van der Waals surface area contributed by atoms with Gasteiger partial charge in [-0.2, -0.15) is 0 Å². The van der Waals surface area contributed by atoms with E-state index in [1.54, 1.807) is 0 Å². The number of rotatable bonds is 7. The molecule has 1 saturated heterocycles. The summed E-state index contributed by atoms with van der Waals surface area (Å²) in [6.07, 6.45) is 8.67. The van der Waals surface area contributed by atoms with Gasteiger partial charge in [0.2, 0.25) is 0 Å². The van der Waals surface area contributed by atoms with E-state index in [1.807, 2.05) is 0 Å². The Kier molecular flexibility index (Phi) is 10.2. The third-order valence-electron chi connectivity index (χ3n) is 5.33. The number of benzene rings is 1. The van der Waals surface area contributed by atoms with Crippen LogP contribution in [0.5, 0.6) is 0 Å². The van der Waals surface area contributed by atoms with Gasteiger partial charge >= 0.3 is 0 Å². The largest absolute Gasteiger partial charge is 0.357 e. The fourth-order valence-corrected chi connectivity index (χ4v) is 3.84.